The minimum Gasteiger partial charge on any atom is -0.368 e. The standard InChI is InChI=1S/C14H17N3S/c1-10-12-4-2-3-5-13(12)14(17-16-10)15-8-11-6-7-18-9-11/h2-5,11H,6-9H2,1H3,(H,15,17). The van der Waals surface area contributed by atoms with Crippen LogP contribution in [0.3, 0.4) is 0 Å². The van der Waals surface area contributed by atoms with Crippen LogP contribution in [0.2, 0.25) is 0 Å². The van der Waals surface area contributed by atoms with Gasteiger partial charge >= 0.3 is 0 Å². The average Bonchev–Trinajstić information content (AvgIpc) is 2.92. The molecule has 1 aromatic heterocycles. The Morgan fingerprint density at radius 1 is 1.28 bits per heavy atom. The van der Waals surface area contributed by atoms with E-state index in [1.807, 2.05) is 18.7 Å². The second-order valence-electron chi connectivity index (χ2n) is 4.79. The third-order valence-corrected chi connectivity index (χ3v) is 4.69. The van der Waals surface area contributed by atoms with Crippen molar-refractivity contribution in [1.82, 2.24) is 10.2 Å². The van der Waals surface area contributed by atoms with Crippen LogP contribution in [0.4, 0.5) is 5.82 Å². The van der Waals surface area contributed by atoms with E-state index in [4.69, 9.17) is 0 Å². The highest BCUT2D eigenvalue weighted by Gasteiger charge is 2.15. The molecule has 0 bridgehead atoms. The Labute approximate surface area is 111 Å². The average molecular weight is 259 g/mol. The molecule has 1 aliphatic heterocycles. The molecule has 94 valence electrons. The SMILES string of the molecule is Cc1nnc(NCC2CCSC2)c2ccccc12. The van der Waals surface area contributed by atoms with E-state index >= 15 is 0 Å². The van der Waals surface area contributed by atoms with Gasteiger partial charge in [0, 0.05) is 17.3 Å². The van der Waals surface area contributed by atoms with Crippen molar-refractivity contribution in [3.8, 4) is 0 Å². The lowest BCUT2D eigenvalue weighted by atomic mass is 10.1. The fourth-order valence-corrected chi connectivity index (χ4v) is 3.64. The van der Waals surface area contributed by atoms with Gasteiger partial charge in [0.05, 0.1) is 5.69 Å². The van der Waals surface area contributed by atoms with Crippen LogP contribution in [0, 0.1) is 12.8 Å². The first-order valence-electron chi connectivity index (χ1n) is 6.38. The van der Waals surface area contributed by atoms with Crippen LogP contribution in [0.25, 0.3) is 10.8 Å². The van der Waals surface area contributed by atoms with Gasteiger partial charge in [0.15, 0.2) is 5.82 Å². The third kappa shape index (κ3) is 2.29. The van der Waals surface area contributed by atoms with Crippen LogP contribution >= 0.6 is 11.8 Å². The Morgan fingerprint density at radius 3 is 2.89 bits per heavy atom. The van der Waals surface area contributed by atoms with E-state index in [2.05, 4.69) is 39.8 Å². The molecule has 18 heavy (non-hydrogen) atoms. The largest absolute Gasteiger partial charge is 0.368 e. The highest BCUT2D eigenvalue weighted by atomic mass is 32.2. The first-order valence-corrected chi connectivity index (χ1v) is 7.53. The zero-order valence-corrected chi connectivity index (χ0v) is 11.3. The molecule has 1 unspecified atom stereocenters. The fraction of sp³-hybridized carbons (Fsp3) is 0.429. The number of hydrogen-bond donors (Lipinski definition) is 1. The maximum Gasteiger partial charge on any atom is 0.156 e. The molecule has 1 aromatic carbocycles. The van der Waals surface area contributed by atoms with Crippen molar-refractivity contribution in [2.75, 3.05) is 23.4 Å². The van der Waals surface area contributed by atoms with Gasteiger partial charge in [-0.2, -0.15) is 16.9 Å². The van der Waals surface area contributed by atoms with E-state index in [-0.39, 0.29) is 0 Å². The van der Waals surface area contributed by atoms with Crippen molar-refractivity contribution >= 4 is 28.4 Å². The molecule has 1 aliphatic rings. The summed E-state index contributed by atoms with van der Waals surface area (Å²) >= 11 is 2.05. The smallest absolute Gasteiger partial charge is 0.156 e. The van der Waals surface area contributed by atoms with E-state index < -0.39 is 0 Å². The molecule has 2 heterocycles. The van der Waals surface area contributed by atoms with Gasteiger partial charge in [-0.25, -0.2) is 0 Å². The molecule has 0 amide bonds. The van der Waals surface area contributed by atoms with Gasteiger partial charge in [-0.05, 0) is 30.8 Å². The van der Waals surface area contributed by atoms with Crippen molar-refractivity contribution in [1.29, 1.82) is 0 Å². The quantitative estimate of drug-likeness (QED) is 0.919. The van der Waals surface area contributed by atoms with Gasteiger partial charge in [-0.3, -0.25) is 0 Å². The molecule has 1 saturated heterocycles. The van der Waals surface area contributed by atoms with Gasteiger partial charge in [0.2, 0.25) is 0 Å². The minimum absolute atomic E-state index is 0.775. The topological polar surface area (TPSA) is 37.8 Å². The summed E-state index contributed by atoms with van der Waals surface area (Å²) in [5.41, 5.74) is 0.993. The predicted octanol–water partition coefficient (Wildman–Crippen LogP) is 3.10. The Kier molecular flexibility index (Phi) is 3.37. The Bertz CT molecular complexity index is 550. The highest BCUT2D eigenvalue weighted by molar-refractivity contribution is 7.99. The number of nitrogens with one attached hydrogen (secondary N) is 1. The number of aromatic nitrogens is 2. The van der Waals surface area contributed by atoms with E-state index in [0.717, 1.165) is 24.0 Å². The van der Waals surface area contributed by atoms with Crippen LogP contribution in [0.1, 0.15) is 12.1 Å². The fourth-order valence-electron chi connectivity index (χ4n) is 2.35. The monoisotopic (exact) mass is 259 g/mol. The molecule has 2 aromatic rings. The Hall–Kier alpha value is -1.29. The number of rotatable bonds is 3. The lowest BCUT2D eigenvalue weighted by Crippen LogP contribution is -2.15. The number of hydrogen-bond acceptors (Lipinski definition) is 4. The molecule has 4 heteroatoms. The van der Waals surface area contributed by atoms with E-state index in [1.165, 1.54) is 28.7 Å². The number of anilines is 1. The summed E-state index contributed by atoms with van der Waals surface area (Å²) in [6.45, 7) is 3.02. The van der Waals surface area contributed by atoms with Crippen LogP contribution in [0.5, 0.6) is 0 Å². The van der Waals surface area contributed by atoms with E-state index in [9.17, 15) is 0 Å². The highest BCUT2D eigenvalue weighted by Crippen LogP contribution is 2.26. The molecule has 1 fully saturated rings. The summed E-state index contributed by atoms with van der Waals surface area (Å²) in [5.74, 6) is 4.27. The third-order valence-electron chi connectivity index (χ3n) is 3.45. The summed E-state index contributed by atoms with van der Waals surface area (Å²) in [6.07, 6.45) is 1.31. The van der Waals surface area contributed by atoms with Gasteiger partial charge in [-0.1, -0.05) is 24.3 Å². The zero-order chi connectivity index (χ0) is 12.4. The van der Waals surface area contributed by atoms with Crippen LogP contribution < -0.4 is 5.32 Å². The number of fused-ring (bicyclic) bond motifs is 1. The maximum atomic E-state index is 4.30. The second kappa shape index (κ2) is 5.14. The van der Waals surface area contributed by atoms with Crippen molar-refractivity contribution in [2.45, 2.75) is 13.3 Å². The minimum atomic E-state index is 0.775. The number of aryl methyl sites for hydroxylation is 1. The molecule has 1 atom stereocenters. The molecule has 0 spiro atoms. The first-order chi connectivity index (χ1) is 8.84. The second-order valence-corrected chi connectivity index (χ2v) is 5.94. The van der Waals surface area contributed by atoms with Crippen molar-refractivity contribution in [3.63, 3.8) is 0 Å². The number of thioether (sulfide) groups is 1. The van der Waals surface area contributed by atoms with E-state index in [1.54, 1.807) is 0 Å². The van der Waals surface area contributed by atoms with Crippen LogP contribution in [-0.2, 0) is 0 Å². The molecule has 0 radical (unpaired) electrons. The van der Waals surface area contributed by atoms with E-state index in [0.29, 0.717) is 0 Å². The number of benzene rings is 1. The molecular weight excluding hydrogens is 242 g/mol. The lowest BCUT2D eigenvalue weighted by Gasteiger charge is -2.12. The molecule has 0 aliphatic carbocycles. The zero-order valence-electron chi connectivity index (χ0n) is 10.5. The summed E-state index contributed by atoms with van der Waals surface area (Å²) < 4.78 is 0. The summed E-state index contributed by atoms with van der Waals surface area (Å²) in [5, 5.41) is 14.4. The van der Waals surface area contributed by atoms with Gasteiger partial charge in [0.1, 0.15) is 0 Å². The van der Waals surface area contributed by atoms with Crippen molar-refractivity contribution < 1.29 is 0 Å². The summed E-state index contributed by atoms with van der Waals surface area (Å²) in [7, 11) is 0. The number of nitrogens with zero attached hydrogens (tertiary/aromatic N) is 2. The van der Waals surface area contributed by atoms with Crippen molar-refractivity contribution in [3.05, 3.63) is 30.0 Å². The molecule has 3 rings (SSSR count). The molecular formula is C14H17N3S. The first kappa shape index (κ1) is 11.8. The Morgan fingerprint density at radius 2 is 2.11 bits per heavy atom. The molecule has 3 nitrogen and oxygen atoms in total. The van der Waals surface area contributed by atoms with Gasteiger partial charge in [-0.15, -0.1) is 5.10 Å². The maximum absolute atomic E-state index is 4.30. The summed E-state index contributed by atoms with van der Waals surface area (Å²) in [4.78, 5) is 0. The van der Waals surface area contributed by atoms with Crippen LogP contribution in [-0.4, -0.2) is 28.2 Å². The summed E-state index contributed by atoms with van der Waals surface area (Å²) in [6, 6.07) is 8.33. The Balaban J connectivity index is 1.85. The van der Waals surface area contributed by atoms with Crippen molar-refractivity contribution in [2.24, 2.45) is 5.92 Å². The predicted molar refractivity (Wildman–Crippen MR) is 78.2 cm³/mol. The molecule has 0 saturated carbocycles. The van der Waals surface area contributed by atoms with Gasteiger partial charge < -0.3 is 5.32 Å². The molecule has 1 N–H and O–H groups in total. The van der Waals surface area contributed by atoms with Gasteiger partial charge in [0.25, 0.3) is 0 Å². The van der Waals surface area contributed by atoms with Crippen LogP contribution in [0.15, 0.2) is 24.3 Å². The lowest BCUT2D eigenvalue weighted by molar-refractivity contribution is 0.630. The normalized spacial score (nSPS) is 19.3.